The highest BCUT2D eigenvalue weighted by atomic mass is 35.5. The zero-order valence-electron chi connectivity index (χ0n) is 6.11. The standard InChI is InChI=1S/C8H6Cl2N2/c9-8-5-11-6-3-1-2-4-7(6)12(8)10/h1-5,8H. The molecule has 0 aliphatic carbocycles. The first-order valence-corrected chi connectivity index (χ1v) is 4.29. The maximum Gasteiger partial charge on any atom is 0.155 e. The molecule has 1 aromatic carbocycles. The molecule has 1 atom stereocenters. The maximum atomic E-state index is 5.91. The van der Waals surface area contributed by atoms with E-state index in [1.807, 2.05) is 24.3 Å². The fourth-order valence-corrected chi connectivity index (χ4v) is 1.44. The lowest BCUT2D eigenvalue weighted by Gasteiger charge is -2.23. The lowest BCUT2D eigenvalue weighted by atomic mass is 10.2. The Bertz CT molecular complexity index is 325. The number of para-hydroxylation sites is 2. The van der Waals surface area contributed by atoms with Crippen LogP contribution in [-0.2, 0) is 0 Å². The summed E-state index contributed by atoms with van der Waals surface area (Å²) in [7, 11) is 0. The van der Waals surface area contributed by atoms with Crippen molar-refractivity contribution in [2.45, 2.75) is 5.50 Å². The Morgan fingerprint density at radius 1 is 1.33 bits per heavy atom. The monoisotopic (exact) mass is 200 g/mol. The van der Waals surface area contributed by atoms with E-state index in [0.29, 0.717) is 0 Å². The Morgan fingerprint density at radius 3 is 2.92 bits per heavy atom. The molecule has 2 rings (SSSR count). The van der Waals surface area contributed by atoms with E-state index in [0.717, 1.165) is 11.4 Å². The summed E-state index contributed by atoms with van der Waals surface area (Å²) >= 11 is 11.7. The van der Waals surface area contributed by atoms with Gasteiger partial charge in [-0.2, -0.15) is 0 Å². The molecule has 62 valence electrons. The van der Waals surface area contributed by atoms with Crippen LogP contribution in [0.4, 0.5) is 11.4 Å². The van der Waals surface area contributed by atoms with Gasteiger partial charge in [0.05, 0.1) is 11.4 Å². The maximum absolute atomic E-state index is 5.91. The van der Waals surface area contributed by atoms with Gasteiger partial charge in [-0.05, 0) is 12.1 Å². The van der Waals surface area contributed by atoms with Gasteiger partial charge in [0.25, 0.3) is 0 Å². The van der Waals surface area contributed by atoms with Gasteiger partial charge in [0.2, 0.25) is 0 Å². The van der Waals surface area contributed by atoms with E-state index >= 15 is 0 Å². The summed E-state index contributed by atoms with van der Waals surface area (Å²) < 4.78 is 1.46. The topological polar surface area (TPSA) is 15.6 Å². The van der Waals surface area contributed by atoms with Crippen LogP contribution < -0.4 is 4.42 Å². The number of rotatable bonds is 0. The molecule has 0 spiro atoms. The summed E-state index contributed by atoms with van der Waals surface area (Å²) in [6.07, 6.45) is 1.61. The second-order valence-corrected chi connectivity index (χ2v) is 3.26. The Labute approximate surface area is 80.5 Å². The zero-order chi connectivity index (χ0) is 8.55. The van der Waals surface area contributed by atoms with Gasteiger partial charge in [-0.3, -0.25) is 9.41 Å². The van der Waals surface area contributed by atoms with Crippen molar-refractivity contribution in [2.24, 2.45) is 4.99 Å². The molecule has 4 heteroatoms. The predicted molar refractivity (Wildman–Crippen MR) is 52.6 cm³/mol. The van der Waals surface area contributed by atoms with Crippen LogP contribution in [0.2, 0.25) is 0 Å². The molecule has 1 aliphatic heterocycles. The van der Waals surface area contributed by atoms with E-state index in [1.54, 1.807) is 6.21 Å². The molecule has 0 aromatic heterocycles. The van der Waals surface area contributed by atoms with Crippen molar-refractivity contribution in [3.8, 4) is 0 Å². The average molecular weight is 201 g/mol. The highest BCUT2D eigenvalue weighted by Gasteiger charge is 2.18. The minimum atomic E-state index is -0.360. The van der Waals surface area contributed by atoms with Crippen LogP contribution in [-0.4, -0.2) is 11.7 Å². The van der Waals surface area contributed by atoms with E-state index in [1.165, 1.54) is 4.42 Å². The second kappa shape index (κ2) is 2.96. The van der Waals surface area contributed by atoms with Crippen molar-refractivity contribution in [3.63, 3.8) is 0 Å². The summed E-state index contributed by atoms with van der Waals surface area (Å²) in [6, 6.07) is 7.59. The zero-order valence-corrected chi connectivity index (χ0v) is 7.63. The molecular weight excluding hydrogens is 195 g/mol. The van der Waals surface area contributed by atoms with E-state index < -0.39 is 0 Å². The van der Waals surface area contributed by atoms with Crippen LogP contribution in [0.1, 0.15) is 0 Å². The van der Waals surface area contributed by atoms with Crippen molar-refractivity contribution in [3.05, 3.63) is 24.3 Å². The Balaban J connectivity index is 2.52. The third-order valence-corrected chi connectivity index (χ3v) is 2.47. The van der Waals surface area contributed by atoms with E-state index in [9.17, 15) is 0 Å². The van der Waals surface area contributed by atoms with Crippen LogP contribution in [0.3, 0.4) is 0 Å². The minimum Gasteiger partial charge on any atom is -0.260 e. The second-order valence-electron chi connectivity index (χ2n) is 2.45. The number of nitrogens with zero attached hydrogens (tertiary/aromatic N) is 2. The molecule has 0 radical (unpaired) electrons. The van der Waals surface area contributed by atoms with Crippen LogP contribution in [0, 0.1) is 0 Å². The van der Waals surface area contributed by atoms with Crippen molar-refractivity contribution in [2.75, 3.05) is 4.42 Å². The molecular formula is C8H6Cl2N2. The number of hydrogen-bond acceptors (Lipinski definition) is 2. The number of anilines is 1. The lowest BCUT2D eigenvalue weighted by Crippen LogP contribution is -2.24. The number of halogens is 2. The first kappa shape index (κ1) is 7.90. The molecule has 0 amide bonds. The fraction of sp³-hybridized carbons (Fsp3) is 0.125. The van der Waals surface area contributed by atoms with Crippen molar-refractivity contribution in [1.29, 1.82) is 0 Å². The number of aliphatic imine (C=N–C) groups is 1. The average Bonchev–Trinajstić information content (AvgIpc) is 2.12. The third kappa shape index (κ3) is 1.17. The number of fused-ring (bicyclic) bond motifs is 1. The van der Waals surface area contributed by atoms with Gasteiger partial charge in [0.1, 0.15) is 0 Å². The van der Waals surface area contributed by atoms with E-state index in [4.69, 9.17) is 23.4 Å². The summed E-state index contributed by atoms with van der Waals surface area (Å²) in [4.78, 5) is 4.14. The van der Waals surface area contributed by atoms with Gasteiger partial charge in [-0.25, -0.2) is 0 Å². The molecule has 0 N–H and O–H groups in total. The smallest absolute Gasteiger partial charge is 0.155 e. The first-order valence-electron chi connectivity index (χ1n) is 3.51. The van der Waals surface area contributed by atoms with Gasteiger partial charge in [0.15, 0.2) is 5.50 Å². The van der Waals surface area contributed by atoms with Crippen molar-refractivity contribution in [1.82, 2.24) is 0 Å². The Kier molecular flexibility index (Phi) is 1.95. The predicted octanol–water partition coefficient (Wildman–Crippen LogP) is 2.93. The van der Waals surface area contributed by atoms with E-state index in [2.05, 4.69) is 4.99 Å². The van der Waals surface area contributed by atoms with Gasteiger partial charge in [-0.1, -0.05) is 23.7 Å². The summed E-state index contributed by atoms with van der Waals surface area (Å²) in [5.74, 6) is 0. The number of alkyl halides is 1. The molecule has 1 aromatic rings. The van der Waals surface area contributed by atoms with Crippen LogP contribution in [0.25, 0.3) is 0 Å². The molecule has 0 saturated heterocycles. The molecule has 0 saturated carbocycles. The normalized spacial score (nSPS) is 20.8. The number of hydrogen-bond donors (Lipinski definition) is 0. The summed E-state index contributed by atoms with van der Waals surface area (Å²) in [5.41, 5.74) is 1.34. The highest BCUT2D eigenvalue weighted by Crippen LogP contribution is 2.34. The van der Waals surface area contributed by atoms with Gasteiger partial charge >= 0.3 is 0 Å². The van der Waals surface area contributed by atoms with Gasteiger partial charge < -0.3 is 0 Å². The molecule has 0 bridgehead atoms. The first-order chi connectivity index (χ1) is 5.79. The fourth-order valence-electron chi connectivity index (χ4n) is 1.09. The van der Waals surface area contributed by atoms with Crippen molar-refractivity contribution < 1.29 is 0 Å². The molecule has 1 unspecified atom stereocenters. The van der Waals surface area contributed by atoms with Crippen LogP contribution >= 0.6 is 23.4 Å². The lowest BCUT2D eigenvalue weighted by molar-refractivity contribution is 1.14. The molecule has 1 heterocycles. The van der Waals surface area contributed by atoms with Gasteiger partial charge in [0, 0.05) is 18.0 Å². The Morgan fingerprint density at radius 2 is 2.08 bits per heavy atom. The Hall–Kier alpha value is -0.730. The molecule has 1 aliphatic rings. The molecule has 12 heavy (non-hydrogen) atoms. The van der Waals surface area contributed by atoms with Crippen molar-refractivity contribution >= 4 is 41.0 Å². The number of benzene rings is 1. The quantitative estimate of drug-likeness (QED) is 0.358. The van der Waals surface area contributed by atoms with Gasteiger partial charge in [-0.15, -0.1) is 0 Å². The summed E-state index contributed by atoms with van der Waals surface area (Å²) in [6.45, 7) is 0. The SMILES string of the molecule is ClC1C=Nc2ccccc2N1Cl. The van der Waals surface area contributed by atoms with Crippen LogP contribution in [0.5, 0.6) is 0 Å². The van der Waals surface area contributed by atoms with Crippen LogP contribution in [0.15, 0.2) is 29.3 Å². The minimum absolute atomic E-state index is 0.360. The third-order valence-electron chi connectivity index (χ3n) is 1.67. The largest absolute Gasteiger partial charge is 0.260 e. The van der Waals surface area contributed by atoms with E-state index in [-0.39, 0.29) is 5.50 Å². The molecule has 2 nitrogen and oxygen atoms in total. The summed E-state index contributed by atoms with van der Waals surface area (Å²) in [5, 5.41) is 0. The highest BCUT2D eigenvalue weighted by molar-refractivity contribution is 6.39. The molecule has 0 fully saturated rings.